The largest absolute Gasteiger partial charge is 0.460 e. The number of nitrogen functional groups attached to an aromatic ring is 2. The third-order valence-corrected chi connectivity index (χ3v) is 3.50. The molecule has 4 N–H and O–H groups in total. The van der Waals surface area contributed by atoms with Gasteiger partial charge in [-0.05, 0) is 30.7 Å². The fraction of sp³-hybridized carbons (Fsp3) is 0.118. The summed E-state index contributed by atoms with van der Waals surface area (Å²) in [6, 6.07) is 13.2. The summed E-state index contributed by atoms with van der Waals surface area (Å²) < 4.78 is 5.57. The van der Waals surface area contributed by atoms with Crippen molar-refractivity contribution in [3.63, 3.8) is 0 Å². The first kappa shape index (κ1) is 14.6. The van der Waals surface area contributed by atoms with Crippen LogP contribution in [0.1, 0.15) is 22.6 Å². The summed E-state index contributed by atoms with van der Waals surface area (Å²) in [5.74, 6) is 1.32. The number of nitriles is 1. The summed E-state index contributed by atoms with van der Waals surface area (Å²) in [7, 11) is 0. The standard InChI is InChI=1S/C17H15N5O/c1-10-6-7-15(23-10)16-12(9-18)14(21-17(20)22-16)8-11-4-2-3-5-13(11)19/h2-7H,8,19H2,1H3,(H2,20,21,22). The quantitative estimate of drug-likeness (QED) is 0.719. The molecule has 0 unspecified atom stereocenters. The van der Waals surface area contributed by atoms with E-state index < -0.39 is 0 Å². The van der Waals surface area contributed by atoms with E-state index in [-0.39, 0.29) is 5.95 Å². The molecule has 0 aliphatic heterocycles. The topological polar surface area (TPSA) is 115 Å². The number of benzene rings is 1. The van der Waals surface area contributed by atoms with E-state index in [9.17, 15) is 5.26 Å². The summed E-state index contributed by atoms with van der Waals surface area (Å²) in [6.07, 6.45) is 0.398. The fourth-order valence-corrected chi connectivity index (χ4v) is 2.39. The third kappa shape index (κ3) is 2.85. The summed E-state index contributed by atoms with van der Waals surface area (Å²) in [5, 5.41) is 9.56. The Labute approximate surface area is 133 Å². The van der Waals surface area contributed by atoms with Crippen LogP contribution in [0.4, 0.5) is 11.6 Å². The molecule has 6 nitrogen and oxygen atoms in total. The Morgan fingerprint density at radius 2 is 1.91 bits per heavy atom. The minimum atomic E-state index is 0.0950. The fourth-order valence-electron chi connectivity index (χ4n) is 2.39. The Morgan fingerprint density at radius 3 is 2.57 bits per heavy atom. The minimum Gasteiger partial charge on any atom is -0.460 e. The van der Waals surface area contributed by atoms with Gasteiger partial charge in [-0.2, -0.15) is 5.26 Å². The zero-order valence-electron chi connectivity index (χ0n) is 12.6. The van der Waals surface area contributed by atoms with E-state index in [0.717, 1.165) is 11.3 Å². The van der Waals surface area contributed by atoms with Gasteiger partial charge in [0.25, 0.3) is 0 Å². The monoisotopic (exact) mass is 305 g/mol. The maximum absolute atomic E-state index is 9.56. The van der Waals surface area contributed by atoms with Crippen LogP contribution in [0.3, 0.4) is 0 Å². The van der Waals surface area contributed by atoms with Gasteiger partial charge in [-0.25, -0.2) is 9.97 Å². The van der Waals surface area contributed by atoms with Crippen LogP contribution in [0.2, 0.25) is 0 Å². The molecule has 2 aromatic heterocycles. The molecule has 0 spiro atoms. The molecular weight excluding hydrogens is 290 g/mol. The van der Waals surface area contributed by atoms with Gasteiger partial charge >= 0.3 is 0 Å². The molecule has 0 saturated heterocycles. The van der Waals surface area contributed by atoms with Crippen LogP contribution in [0.15, 0.2) is 40.8 Å². The number of hydrogen-bond acceptors (Lipinski definition) is 6. The zero-order valence-corrected chi connectivity index (χ0v) is 12.6. The average Bonchev–Trinajstić information content (AvgIpc) is 2.95. The van der Waals surface area contributed by atoms with E-state index in [1.807, 2.05) is 37.3 Å². The highest BCUT2D eigenvalue weighted by atomic mass is 16.3. The number of furan rings is 1. The maximum atomic E-state index is 9.56. The van der Waals surface area contributed by atoms with Crippen molar-refractivity contribution in [3.05, 3.63) is 59.0 Å². The first-order valence-corrected chi connectivity index (χ1v) is 7.05. The van der Waals surface area contributed by atoms with Crippen molar-refractivity contribution < 1.29 is 4.42 Å². The number of nitrogens with two attached hydrogens (primary N) is 2. The highest BCUT2D eigenvalue weighted by Crippen LogP contribution is 2.27. The van der Waals surface area contributed by atoms with E-state index in [2.05, 4.69) is 16.0 Å². The van der Waals surface area contributed by atoms with Crippen molar-refractivity contribution in [2.24, 2.45) is 0 Å². The van der Waals surface area contributed by atoms with Gasteiger partial charge in [-0.3, -0.25) is 0 Å². The lowest BCUT2D eigenvalue weighted by atomic mass is 10.0. The van der Waals surface area contributed by atoms with E-state index in [1.54, 1.807) is 6.07 Å². The Kier molecular flexibility index (Phi) is 3.69. The smallest absolute Gasteiger partial charge is 0.221 e. The Morgan fingerprint density at radius 1 is 1.13 bits per heavy atom. The molecule has 0 aliphatic rings. The number of nitrogens with zero attached hydrogens (tertiary/aromatic N) is 3. The first-order chi connectivity index (χ1) is 11.1. The van der Waals surface area contributed by atoms with Gasteiger partial charge in [0.15, 0.2) is 5.76 Å². The molecule has 3 rings (SSSR count). The van der Waals surface area contributed by atoms with Crippen LogP contribution < -0.4 is 11.5 Å². The predicted octanol–water partition coefficient (Wildman–Crippen LogP) is 2.67. The summed E-state index contributed by atoms with van der Waals surface area (Å²) in [6.45, 7) is 1.83. The molecular formula is C17H15N5O. The molecule has 0 saturated carbocycles. The molecule has 3 aromatic rings. The van der Waals surface area contributed by atoms with E-state index >= 15 is 0 Å². The number of aryl methyl sites for hydroxylation is 1. The lowest BCUT2D eigenvalue weighted by molar-refractivity contribution is 0.546. The van der Waals surface area contributed by atoms with Crippen LogP contribution in [0, 0.1) is 18.3 Å². The molecule has 0 aliphatic carbocycles. The van der Waals surface area contributed by atoms with Crippen LogP contribution in [-0.4, -0.2) is 9.97 Å². The molecule has 6 heteroatoms. The summed E-state index contributed by atoms with van der Waals surface area (Å²) >= 11 is 0. The number of rotatable bonds is 3. The number of para-hydroxylation sites is 1. The van der Waals surface area contributed by atoms with Crippen LogP contribution >= 0.6 is 0 Å². The molecule has 23 heavy (non-hydrogen) atoms. The lowest BCUT2D eigenvalue weighted by Gasteiger charge is -2.09. The number of hydrogen-bond donors (Lipinski definition) is 2. The van der Waals surface area contributed by atoms with Gasteiger partial charge in [0.1, 0.15) is 23.1 Å². The highest BCUT2D eigenvalue weighted by molar-refractivity contribution is 5.65. The van der Waals surface area contributed by atoms with Gasteiger partial charge in [-0.15, -0.1) is 0 Å². The van der Waals surface area contributed by atoms with Crippen molar-refractivity contribution in [1.29, 1.82) is 5.26 Å². The number of anilines is 2. The molecule has 114 valence electrons. The molecule has 0 bridgehead atoms. The van der Waals surface area contributed by atoms with Crippen LogP contribution in [0.25, 0.3) is 11.5 Å². The Bertz CT molecular complexity index is 908. The van der Waals surface area contributed by atoms with Gasteiger partial charge < -0.3 is 15.9 Å². The van der Waals surface area contributed by atoms with E-state index in [1.165, 1.54) is 0 Å². The second kappa shape index (κ2) is 5.81. The second-order valence-corrected chi connectivity index (χ2v) is 5.15. The lowest BCUT2D eigenvalue weighted by Crippen LogP contribution is -2.07. The van der Waals surface area contributed by atoms with E-state index in [4.69, 9.17) is 15.9 Å². The maximum Gasteiger partial charge on any atom is 0.221 e. The molecule has 0 radical (unpaired) electrons. The normalized spacial score (nSPS) is 10.4. The molecule has 0 amide bonds. The van der Waals surface area contributed by atoms with Gasteiger partial charge in [0.05, 0.1) is 5.69 Å². The first-order valence-electron chi connectivity index (χ1n) is 7.05. The summed E-state index contributed by atoms with van der Waals surface area (Å²) in [4.78, 5) is 8.39. The molecule has 0 atom stereocenters. The SMILES string of the molecule is Cc1ccc(-c2nc(N)nc(Cc3ccccc3N)c2C#N)o1. The molecule has 2 heterocycles. The minimum absolute atomic E-state index is 0.0950. The van der Waals surface area contributed by atoms with Crippen molar-refractivity contribution in [3.8, 4) is 17.5 Å². The van der Waals surface area contributed by atoms with Crippen LogP contribution in [0.5, 0.6) is 0 Å². The van der Waals surface area contributed by atoms with Gasteiger partial charge in [0.2, 0.25) is 5.95 Å². The van der Waals surface area contributed by atoms with Gasteiger partial charge in [0, 0.05) is 12.1 Å². The Hall–Kier alpha value is -3.33. The third-order valence-electron chi connectivity index (χ3n) is 3.50. The highest BCUT2D eigenvalue weighted by Gasteiger charge is 2.18. The molecule has 0 fully saturated rings. The van der Waals surface area contributed by atoms with Gasteiger partial charge in [-0.1, -0.05) is 18.2 Å². The molecule has 1 aromatic carbocycles. The average molecular weight is 305 g/mol. The second-order valence-electron chi connectivity index (χ2n) is 5.15. The zero-order chi connectivity index (χ0) is 16.4. The Balaban J connectivity index is 2.13. The summed E-state index contributed by atoms with van der Waals surface area (Å²) in [5.41, 5.74) is 14.6. The predicted molar refractivity (Wildman–Crippen MR) is 87.3 cm³/mol. The van der Waals surface area contributed by atoms with Crippen LogP contribution in [-0.2, 0) is 6.42 Å². The van der Waals surface area contributed by atoms with Crippen molar-refractivity contribution in [1.82, 2.24) is 9.97 Å². The van der Waals surface area contributed by atoms with Crippen molar-refractivity contribution in [2.75, 3.05) is 11.5 Å². The van der Waals surface area contributed by atoms with Crippen molar-refractivity contribution in [2.45, 2.75) is 13.3 Å². The van der Waals surface area contributed by atoms with Crippen molar-refractivity contribution >= 4 is 11.6 Å². The number of aromatic nitrogens is 2. The van der Waals surface area contributed by atoms with E-state index in [0.29, 0.717) is 34.8 Å².